The van der Waals surface area contributed by atoms with Crippen molar-refractivity contribution in [3.63, 3.8) is 0 Å². The Kier molecular flexibility index (Phi) is 2.89. The van der Waals surface area contributed by atoms with Crippen LogP contribution in [0.2, 0.25) is 0 Å². The number of hydrogen-bond donors (Lipinski definition) is 0. The highest BCUT2D eigenvalue weighted by molar-refractivity contribution is 5.44. The van der Waals surface area contributed by atoms with Crippen molar-refractivity contribution in [1.82, 2.24) is 29.3 Å². The number of aromatic nitrogens is 5. The third-order valence-corrected chi connectivity index (χ3v) is 5.86. The van der Waals surface area contributed by atoms with Gasteiger partial charge in [-0.3, -0.25) is 9.58 Å². The van der Waals surface area contributed by atoms with Crippen LogP contribution < -0.4 is 0 Å². The van der Waals surface area contributed by atoms with Crippen molar-refractivity contribution < 1.29 is 0 Å². The van der Waals surface area contributed by atoms with Gasteiger partial charge in [0.2, 0.25) is 0 Å². The van der Waals surface area contributed by atoms with E-state index in [0.717, 1.165) is 24.3 Å². The molecule has 0 unspecified atom stereocenters. The van der Waals surface area contributed by atoms with Gasteiger partial charge in [0.15, 0.2) is 5.65 Å². The van der Waals surface area contributed by atoms with E-state index in [-0.39, 0.29) is 0 Å². The molecule has 124 valence electrons. The maximum Gasteiger partial charge on any atom is 0.155 e. The summed E-state index contributed by atoms with van der Waals surface area (Å²) < 4.78 is 4.04. The van der Waals surface area contributed by atoms with Gasteiger partial charge >= 0.3 is 0 Å². The van der Waals surface area contributed by atoms with Gasteiger partial charge < -0.3 is 0 Å². The Morgan fingerprint density at radius 2 is 2.08 bits per heavy atom. The molecule has 2 bridgehead atoms. The van der Waals surface area contributed by atoms with Gasteiger partial charge in [0, 0.05) is 61.2 Å². The lowest BCUT2D eigenvalue weighted by atomic mass is 9.98. The number of aryl methyl sites for hydroxylation is 2. The molecule has 5 heterocycles. The predicted molar refractivity (Wildman–Crippen MR) is 90.7 cm³/mol. The summed E-state index contributed by atoms with van der Waals surface area (Å²) in [7, 11) is 2.01. The van der Waals surface area contributed by atoms with Crippen LogP contribution in [0.3, 0.4) is 0 Å². The van der Waals surface area contributed by atoms with Gasteiger partial charge in [-0.25, -0.2) is 9.50 Å². The lowest BCUT2D eigenvalue weighted by Crippen LogP contribution is -2.38. The highest BCUT2D eigenvalue weighted by atomic mass is 15.3. The van der Waals surface area contributed by atoms with E-state index in [1.807, 2.05) is 24.9 Å². The van der Waals surface area contributed by atoms with Crippen LogP contribution in [-0.2, 0) is 20.0 Å². The Balaban J connectivity index is 1.55. The van der Waals surface area contributed by atoms with Gasteiger partial charge in [-0.1, -0.05) is 0 Å². The van der Waals surface area contributed by atoms with Crippen LogP contribution in [0.5, 0.6) is 0 Å². The fraction of sp³-hybridized carbons (Fsp3) is 0.500. The predicted octanol–water partition coefficient (Wildman–Crippen LogP) is 2.34. The molecule has 1 saturated heterocycles. The van der Waals surface area contributed by atoms with Crippen LogP contribution in [0.1, 0.15) is 47.1 Å². The first kappa shape index (κ1) is 14.2. The van der Waals surface area contributed by atoms with Crippen LogP contribution in [0.4, 0.5) is 0 Å². The quantitative estimate of drug-likeness (QED) is 0.727. The molecule has 3 aromatic rings. The molecule has 6 nitrogen and oxygen atoms in total. The molecule has 0 aliphatic carbocycles. The summed E-state index contributed by atoms with van der Waals surface area (Å²) in [6, 6.07) is 3.12. The minimum absolute atomic E-state index is 0.458. The molecule has 0 spiro atoms. The van der Waals surface area contributed by atoms with Crippen molar-refractivity contribution in [3.05, 3.63) is 46.7 Å². The zero-order chi connectivity index (χ0) is 16.4. The number of fused-ring (bicyclic) bond motifs is 6. The van der Waals surface area contributed by atoms with Crippen LogP contribution in [0, 0.1) is 13.8 Å². The zero-order valence-corrected chi connectivity index (χ0v) is 14.4. The normalized spacial score (nSPS) is 23.1. The van der Waals surface area contributed by atoms with E-state index in [4.69, 9.17) is 0 Å². The van der Waals surface area contributed by atoms with E-state index in [1.165, 1.54) is 35.4 Å². The summed E-state index contributed by atoms with van der Waals surface area (Å²) in [5.74, 6) is 0. The van der Waals surface area contributed by atoms with E-state index in [2.05, 4.69) is 43.8 Å². The van der Waals surface area contributed by atoms with Gasteiger partial charge in [0.05, 0.1) is 17.6 Å². The summed E-state index contributed by atoms with van der Waals surface area (Å²) in [5, 5.41) is 9.08. The van der Waals surface area contributed by atoms with Crippen LogP contribution in [0.15, 0.2) is 18.5 Å². The molecule has 24 heavy (non-hydrogen) atoms. The topological polar surface area (TPSA) is 51.2 Å². The van der Waals surface area contributed by atoms with Gasteiger partial charge in [-0.05, 0) is 26.7 Å². The van der Waals surface area contributed by atoms with Crippen LogP contribution in [-0.4, -0.2) is 35.3 Å². The van der Waals surface area contributed by atoms with Gasteiger partial charge in [0.1, 0.15) is 0 Å². The molecule has 2 aliphatic heterocycles. The van der Waals surface area contributed by atoms with Crippen molar-refractivity contribution in [2.45, 2.75) is 51.7 Å². The molecule has 3 aromatic heterocycles. The molecule has 2 atom stereocenters. The summed E-state index contributed by atoms with van der Waals surface area (Å²) in [6.07, 6.45) is 7.62. The maximum atomic E-state index is 4.67. The van der Waals surface area contributed by atoms with E-state index >= 15 is 0 Å². The van der Waals surface area contributed by atoms with Crippen molar-refractivity contribution in [2.24, 2.45) is 7.05 Å². The average Bonchev–Trinajstić information content (AvgIpc) is 3.18. The van der Waals surface area contributed by atoms with E-state index in [1.54, 1.807) is 0 Å². The molecule has 0 amide bonds. The van der Waals surface area contributed by atoms with Crippen LogP contribution >= 0.6 is 0 Å². The molecule has 0 radical (unpaired) electrons. The standard InChI is InChI=1S/C18H22N6/c1-11-6-18-19-9-15-16-5-4-14(7-17(15)24(18)21-11)23(16)10-13-8-20-22(3)12(13)2/h6,8-9,14,16H,4-5,7,10H2,1-3H3/t14-,16+/m1/s1. The first-order chi connectivity index (χ1) is 11.6. The number of hydrogen-bond acceptors (Lipinski definition) is 4. The highest BCUT2D eigenvalue weighted by Crippen LogP contribution is 2.44. The first-order valence-electron chi connectivity index (χ1n) is 8.69. The highest BCUT2D eigenvalue weighted by Gasteiger charge is 2.41. The number of nitrogens with zero attached hydrogens (tertiary/aromatic N) is 6. The smallest absolute Gasteiger partial charge is 0.155 e. The molecule has 2 aliphatic rings. The van der Waals surface area contributed by atoms with Gasteiger partial charge in [-0.15, -0.1) is 0 Å². The number of rotatable bonds is 2. The molecule has 6 heteroatoms. The minimum atomic E-state index is 0.458. The van der Waals surface area contributed by atoms with Crippen LogP contribution in [0.25, 0.3) is 5.65 Å². The molecule has 5 rings (SSSR count). The summed E-state index contributed by atoms with van der Waals surface area (Å²) in [6.45, 7) is 5.17. The third kappa shape index (κ3) is 1.89. The Bertz CT molecular complexity index is 937. The molecule has 0 aromatic carbocycles. The third-order valence-electron chi connectivity index (χ3n) is 5.86. The summed E-state index contributed by atoms with van der Waals surface area (Å²) in [5.41, 5.74) is 7.33. The second-order valence-electron chi connectivity index (χ2n) is 7.22. The molecular weight excluding hydrogens is 300 g/mol. The SMILES string of the molecule is Cc1cc2ncc3c(n2n1)C[C@H]1CC[C@@H]3N1Cc1cnn(C)c1C. The van der Waals surface area contributed by atoms with Crippen molar-refractivity contribution >= 4 is 5.65 Å². The van der Waals surface area contributed by atoms with Crippen molar-refractivity contribution in [3.8, 4) is 0 Å². The Hall–Kier alpha value is -2.21. The van der Waals surface area contributed by atoms with E-state index < -0.39 is 0 Å². The Labute approximate surface area is 141 Å². The average molecular weight is 322 g/mol. The molecule has 0 saturated carbocycles. The second-order valence-corrected chi connectivity index (χ2v) is 7.22. The molecule has 1 fully saturated rings. The Morgan fingerprint density at radius 1 is 1.21 bits per heavy atom. The molecular formula is C18H22N6. The van der Waals surface area contributed by atoms with Crippen molar-refractivity contribution in [2.75, 3.05) is 0 Å². The lowest BCUT2D eigenvalue weighted by molar-refractivity contribution is 0.164. The monoisotopic (exact) mass is 322 g/mol. The lowest BCUT2D eigenvalue weighted by Gasteiger charge is -2.36. The second kappa shape index (κ2) is 4.89. The fourth-order valence-corrected chi connectivity index (χ4v) is 4.44. The summed E-state index contributed by atoms with van der Waals surface area (Å²) in [4.78, 5) is 7.30. The van der Waals surface area contributed by atoms with E-state index in [9.17, 15) is 0 Å². The largest absolute Gasteiger partial charge is 0.288 e. The summed E-state index contributed by atoms with van der Waals surface area (Å²) >= 11 is 0. The van der Waals surface area contributed by atoms with Crippen molar-refractivity contribution in [1.29, 1.82) is 0 Å². The maximum absolute atomic E-state index is 4.67. The minimum Gasteiger partial charge on any atom is -0.288 e. The van der Waals surface area contributed by atoms with E-state index in [0.29, 0.717) is 12.1 Å². The Morgan fingerprint density at radius 3 is 2.88 bits per heavy atom. The van der Waals surface area contributed by atoms with Gasteiger partial charge in [-0.2, -0.15) is 10.2 Å². The fourth-order valence-electron chi connectivity index (χ4n) is 4.44. The zero-order valence-electron chi connectivity index (χ0n) is 14.4. The van der Waals surface area contributed by atoms with Gasteiger partial charge in [0.25, 0.3) is 0 Å². The molecule has 0 N–H and O–H groups in total. The first-order valence-corrected chi connectivity index (χ1v) is 8.69.